The lowest BCUT2D eigenvalue weighted by atomic mass is 10.1. The van der Waals surface area contributed by atoms with Crippen molar-refractivity contribution in [3.05, 3.63) is 50.5 Å². The highest BCUT2D eigenvalue weighted by atomic mass is 79.9. The predicted octanol–water partition coefficient (Wildman–Crippen LogP) is 5.11. The Kier molecular flexibility index (Phi) is 6.59. The molecule has 2 rings (SSSR count). The Hall–Kier alpha value is -1.40. The number of rotatable bonds is 6. The monoisotopic (exact) mass is 439 g/mol. The Bertz CT molecular complexity index is 704. The van der Waals surface area contributed by atoms with Gasteiger partial charge in [-0.2, -0.15) is 0 Å². The molecule has 0 aliphatic heterocycles. The average molecular weight is 441 g/mol. The molecule has 0 aliphatic carbocycles. The third-order valence-corrected chi connectivity index (χ3v) is 4.55. The summed E-state index contributed by atoms with van der Waals surface area (Å²) in [5, 5.41) is 0. The summed E-state index contributed by atoms with van der Waals surface area (Å²) in [6, 6.07) is 10.0. The molecule has 0 unspecified atom stereocenters. The third kappa shape index (κ3) is 5.04. The van der Waals surface area contributed by atoms with Gasteiger partial charge in [-0.05, 0) is 62.9 Å². The Morgan fingerprint density at radius 1 is 1.30 bits per heavy atom. The van der Waals surface area contributed by atoms with Gasteiger partial charge in [0.2, 0.25) is 5.88 Å². The number of aryl methyl sites for hydroxylation is 1. The van der Waals surface area contributed by atoms with Crippen molar-refractivity contribution in [2.75, 3.05) is 13.6 Å². The summed E-state index contributed by atoms with van der Waals surface area (Å²) in [6.07, 6.45) is 1.78. The van der Waals surface area contributed by atoms with Gasteiger partial charge < -0.3 is 9.64 Å². The Balaban J connectivity index is 2.14. The van der Waals surface area contributed by atoms with Crippen molar-refractivity contribution in [2.24, 2.45) is 4.99 Å². The fourth-order valence-electron chi connectivity index (χ4n) is 1.79. The molecular weight excluding hydrogens is 422 g/mol. The molecule has 6 heteroatoms. The minimum Gasteiger partial charge on any atom is -0.472 e. The highest BCUT2D eigenvalue weighted by Crippen LogP contribution is 2.33. The maximum Gasteiger partial charge on any atom is 0.229 e. The molecule has 0 atom stereocenters. The summed E-state index contributed by atoms with van der Waals surface area (Å²) in [7, 11) is 1.97. The molecule has 0 saturated heterocycles. The van der Waals surface area contributed by atoms with Crippen LogP contribution in [0.2, 0.25) is 0 Å². The van der Waals surface area contributed by atoms with Crippen LogP contribution in [0.15, 0.2) is 44.4 Å². The quantitative estimate of drug-likeness (QED) is 0.356. The molecule has 0 radical (unpaired) electrons. The van der Waals surface area contributed by atoms with Crippen LogP contribution < -0.4 is 4.74 Å². The second-order valence-electron chi connectivity index (χ2n) is 5.12. The van der Waals surface area contributed by atoms with Crippen molar-refractivity contribution >= 4 is 43.9 Å². The molecule has 0 N–H and O–H groups in total. The maximum atomic E-state index is 5.84. The largest absolute Gasteiger partial charge is 0.472 e. The van der Waals surface area contributed by atoms with Crippen LogP contribution in [0.1, 0.15) is 18.1 Å². The summed E-state index contributed by atoms with van der Waals surface area (Å²) >= 11 is 6.95. The zero-order valence-corrected chi connectivity index (χ0v) is 16.6. The molecule has 0 aliphatic rings. The van der Waals surface area contributed by atoms with Crippen LogP contribution >= 0.6 is 31.9 Å². The lowest BCUT2D eigenvalue weighted by Crippen LogP contribution is -2.14. The van der Waals surface area contributed by atoms with Gasteiger partial charge in [-0.15, -0.1) is 0 Å². The van der Waals surface area contributed by atoms with Gasteiger partial charge in [0, 0.05) is 13.6 Å². The van der Waals surface area contributed by atoms with Gasteiger partial charge in [-0.25, -0.2) is 9.98 Å². The Morgan fingerprint density at radius 2 is 2.04 bits per heavy atom. The van der Waals surface area contributed by atoms with Crippen LogP contribution in [0.4, 0.5) is 5.69 Å². The third-order valence-electron chi connectivity index (χ3n) is 3.40. The Morgan fingerprint density at radius 3 is 2.74 bits per heavy atom. The normalized spacial score (nSPS) is 11.0. The zero-order valence-electron chi connectivity index (χ0n) is 13.4. The molecule has 122 valence electrons. The van der Waals surface area contributed by atoms with E-state index in [1.165, 1.54) is 5.56 Å². The van der Waals surface area contributed by atoms with Crippen LogP contribution in [0, 0.1) is 6.92 Å². The fraction of sp³-hybridized carbons (Fsp3) is 0.294. The number of benzene rings is 1. The van der Waals surface area contributed by atoms with Crippen LogP contribution in [0.5, 0.6) is 5.88 Å². The molecule has 4 nitrogen and oxygen atoms in total. The number of hydrogen-bond acceptors (Lipinski definition) is 3. The number of hydrogen-bond donors (Lipinski definition) is 0. The smallest absolute Gasteiger partial charge is 0.229 e. The molecule has 1 aromatic heterocycles. The number of nitrogens with zero attached hydrogens (tertiary/aromatic N) is 3. The minimum atomic E-state index is 0.478. The molecule has 1 heterocycles. The van der Waals surface area contributed by atoms with Gasteiger partial charge in [0.1, 0.15) is 11.2 Å². The van der Waals surface area contributed by atoms with E-state index in [4.69, 9.17) is 4.74 Å². The molecule has 1 aromatic carbocycles. The molecule has 0 bridgehead atoms. The van der Waals surface area contributed by atoms with Gasteiger partial charge in [0.25, 0.3) is 0 Å². The predicted molar refractivity (Wildman–Crippen MR) is 102 cm³/mol. The van der Waals surface area contributed by atoms with E-state index < -0.39 is 0 Å². The molecule has 0 saturated carbocycles. The van der Waals surface area contributed by atoms with E-state index in [1.54, 1.807) is 6.34 Å². The van der Waals surface area contributed by atoms with Crippen molar-refractivity contribution in [1.29, 1.82) is 0 Å². The summed E-state index contributed by atoms with van der Waals surface area (Å²) < 4.78 is 7.27. The number of ether oxygens (including phenoxy) is 1. The summed E-state index contributed by atoms with van der Waals surface area (Å²) in [6.45, 7) is 5.51. The SMILES string of the molecule is CCN(C)C=Nc1cc(Br)c(OCc2ccccc2C)nc1Br. The standard InChI is InChI=1S/C17H19Br2N3O/c1-4-22(3)11-20-15-9-14(18)17(21-16(15)19)23-10-13-8-6-5-7-12(13)2/h5-9,11H,4,10H2,1-3H3. The van der Waals surface area contributed by atoms with Gasteiger partial charge in [-0.3, -0.25) is 0 Å². The van der Waals surface area contributed by atoms with E-state index in [-0.39, 0.29) is 0 Å². The first-order chi connectivity index (χ1) is 11.0. The van der Waals surface area contributed by atoms with Gasteiger partial charge in [-0.1, -0.05) is 24.3 Å². The van der Waals surface area contributed by atoms with Gasteiger partial charge in [0.15, 0.2) is 0 Å². The number of aliphatic imine (C=N–C) groups is 1. The molecule has 2 aromatic rings. The van der Waals surface area contributed by atoms with Crippen molar-refractivity contribution in [1.82, 2.24) is 9.88 Å². The topological polar surface area (TPSA) is 37.7 Å². The first-order valence-corrected chi connectivity index (χ1v) is 8.87. The van der Waals surface area contributed by atoms with Crippen molar-refractivity contribution in [3.8, 4) is 5.88 Å². The van der Waals surface area contributed by atoms with Crippen molar-refractivity contribution < 1.29 is 4.74 Å². The van der Waals surface area contributed by atoms with Crippen LogP contribution in [-0.4, -0.2) is 29.8 Å². The molecular formula is C17H19Br2N3O. The summed E-state index contributed by atoms with van der Waals surface area (Å²) in [5.41, 5.74) is 3.09. The van der Waals surface area contributed by atoms with Gasteiger partial charge >= 0.3 is 0 Å². The minimum absolute atomic E-state index is 0.478. The second kappa shape index (κ2) is 8.45. The number of aromatic nitrogens is 1. The fourth-order valence-corrected chi connectivity index (χ4v) is 2.59. The molecule has 0 fully saturated rings. The summed E-state index contributed by atoms with van der Waals surface area (Å²) in [5.74, 6) is 0.544. The van der Waals surface area contributed by atoms with E-state index in [0.29, 0.717) is 17.1 Å². The van der Waals surface area contributed by atoms with Crippen LogP contribution in [0.25, 0.3) is 0 Å². The highest BCUT2D eigenvalue weighted by molar-refractivity contribution is 9.11. The zero-order chi connectivity index (χ0) is 16.8. The lowest BCUT2D eigenvalue weighted by molar-refractivity contribution is 0.290. The van der Waals surface area contributed by atoms with E-state index in [1.807, 2.05) is 30.1 Å². The van der Waals surface area contributed by atoms with Crippen LogP contribution in [-0.2, 0) is 6.61 Å². The lowest BCUT2D eigenvalue weighted by Gasteiger charge is -2.11. The number of halogens is 2. The van der Waals surface area contributed by atoms with E-state index >= 15 is 0 Å². The first-order valence-electron chi connectivity index (χ1n) is 7.29. The summed E-state index contributed by atoms with van der Waals surface area (Å²) in [4.78, 5) is 10.8. The van der Waals surface area contributed by atoms with E-state index in [0.717, 1.165) is 22.3 Å². The maximum absolute atomic E-state index is 5.84. The van der Waals surface area contributed by atoms with Crippen LogP contribution in [0.3, 0.4) is 0 Å². The average Bonchev–Trinajstić information content (AvgIpc) is 2.54. The van der Waals surface area contributed by atoms with E-state index in [2.05, 4.69) is 67.8 Å². The molecule has 0 amide bonds. The Labute approximate surface area is 153 Å². The highest BCUT2D eigenvalue weighted by Gasteiger charge is 2.10. The van der Waals surface area contributed by atoms with E-state index in [9.17, 15) is 0 Å². The molecule has 23 heavy (non-hydrogen) atoms. The van der Waals surface area contributed by atoms with Gasteiger partial charge in [0.05, 0.1) is 16.5 Å². The van der Waals surface area contributed by atoms with Crippen molar-refractivity contribution in [3.63, 3.8) is 0 Å². The van der Waals surface area contributed by atoms with Crippen molar-refractivity contribution in [2.45, 2.75) is 20.5 Å². The first kappa shape index (κ1) is 17.9. The molecule has 0 spiro atoms. The number of pyridine rings is 1. The second-order valence-corrected chi connectivity index (χ2v) is 6.72.